The van der Waals surface area contributed by atoms with Gasteiger partial charge in [0.2, 0.25) is 15.9 Å². The van der Waals surface area contributed by atoms with Crippen LogP contribution in [0.1, 0.15) is 11.3 Å². The molecule has 1 amide bonds. The molecule has 0 fully saturated rings. The van der Waals surface area contributed by atoms with Crippen LogP contribution in [0.15, 0.2) is 88.4 Å². The molecular weight excluding hydrogens is 364 g/mol. The van der Waals surface area contributed by atoms with E-state index in [2.05, 4.69) is 10.0 Å². The molecule has 0 bridgehead atoms. The van der Waals surface area contributed by atoms with E-state index in [0.717, 1.165) is 5.56 Å². The first kappa shape index (κ1) is 18.9. The minimum absolute atomic E-state index is 0.113. The lowest BCUT2D eigenvalue weighted by molar-refractivity contribution is -0.122. The van der Waals surface area contributed by atoms with Crippen LogP contribution in [-0.4, -0.2) is 20.4 Å². The summed E-state index contributed by atoms with van der Waals surface area (Å²) in [5.74, 6) is 0.169. The highest BCUT2D eigenvalue weighted by Gasteiger charge is 2.26. The number of amides is 1. The molecule has 0 saturated heterocycles. The van der Waals surface area contributed by atoms with Gasteiger partial charge in [-0.05, 0) is 36.2 Å². The Morgan fingerprint density at radius 2 is 1.59 bits per heavy atom. The molecule has 3 rings (SSSR count). The van der Waals surface area contributed by atoms with Gasteiger partial charge in [-0.1, -0.05) is 48.5 Å². The third-order valence-electron chi connectivity index (χ3n) is 3.97. The van der Waals surface area contributed by atoms with E-state index in [-0.39, 0.29) is 17.9 Å². The smallest absolute Gasteiger partial charge is 0.241 e. The normalized spacial score (nSPS) is 12.4. The maximum absolute atomic E-state index is 12.7. The van der Waals surface area contributed by atoms with Gasteiger partial charge in [0.15, 0.2) is 0 Å². The fraction of sp³-hybridized carbons (Fsp3) is 0.150. The first-order valence-corrected chi connectivity index (χ1v) is 9.94. The SMILES string of the molecule is O=C(NCc1ccco1)[C@@H](Cc1ccccc1)NS(=O)(=O)c1ccccc1. The van der Waals surface area contributed by atoms with Crippen LogP contribution in [0, 0.1) is 0 Å². The van der Waals surface area contributed by atoms with Gasteiger partial charge in [0.1, 0.15) is 11.8 Å². The van der Waals surface area contributed by atoms with E-state index in [1.165, 1.54) is 18.4 Å². The summed E-state index contributed by atoms with van der Waals surface area (Å²) in [7, 11) is -3.83. The molecule has 0 radical (unpaired) electrons. The summed E-state index contributed by atoms with van der Waals surface area (Å²) >= 11 is 0. The molecule has 0 aliphatic carbocycles. The van der Waals surface area contributed by atoms with Crippen molar-refractivity contribution < 1.29 is 17.6 Å². The van der Waals surface area contributed by atoms with Crippen molar-refractivity contribution in [3.63, 3.8) is 0 Å². The second kappa shape index (κ2) is 8.66. The summed E-state index contributed by atoms with van der Waals surface area (Å²) in [5, 5.41) is 2.72. The van der Waals surface area contributed by atoms with Gasteiger partial charge in [-0.2, -0.15) is 4.72 Å². The molecule has 7 heteroatoms. The molecule has 1 aromatic heterocycles. The quantitative estimate of drug-likeness (QED) is 0.625. The molecule has 1 heterocycles. The highest BCUT2D eigenvalue weighted by molar-refractivity contribution is 7.89. The number of carbonyl (C=O) groups is 1. The zero-order valence-electron chi connectivity index (χ0n) is 14.5. The fourth-order valence-corrected chi connectivity index (χ4v) is 3.82. The van der Waals surface area contributed by atoms with Crippen molar-refractivity contribution >= 4 is 15.9 Å². The Kier molecular flexibility index (Phi) is 6.05. The molecule has 2 N–H and O–H groups in total. The van der Waals surface area contributed by atoms with Gasteiger partial charge in [0.25, 0.3) is 0 Å². The number of benzene rings is 2. The van der Waals surface area contributed by atoms with Gasteiger partial charge in [-0.15, -0.1) is 0 Å². The molecule has 0 aliphatic heterocycles. The molecule has 2 aromatic carbocycles. The lowest BCUT2D eigenvalue weighted by atomic mass is 10.1. The highest BCUT2D eigenvalue weighted by Crippen LogP contribution is 2.11. The fourth-order valence-electron chi connectivity index (χ4n) is 2.60. The predicted octanol–water partition coefficient (Wildman–Crippen LogP) is 2.49. The van der Waals surface area contributed by atoms with Crippen LogP contribution in [0.3, 0.4) is 0 Å². The standard InChI is InChI=1S/C20H20N2O4S/c23-20(21-15-17-10-7-13-26-17)19(14-16-8-3-1-4-9-16)22-27(24,25)18-11-5-2-6-12-18/h1-13,19,22H,14-15H2,(H,21,23)/t19-/m1/s1. The minimum Gasteiger partial charge on any atom is -0.467 e. The van der Waals surface area contributed by atoms with Crippen molar-refractivity contribution in [2.75, 3.05) is 0 Å². The second-order valence-electron chi connectivity index (χ2n) is 5.97. The molecule has 0 unspecified atom stereocenters. The summed E-state index contributed by atoms with van der Waals surface area (Å²) in [6.45, 7) is 0.185. The van der Waals surface area contributed by atoms with E-state index in [1.54, 1.807) is 30.3 Å². The summed E-state index contributed by atoms with van der Waals surface area (Å²) < 4.78 is 33.0. The average molecular weight is 384 g/mol. The first-order valence-electron chi connectivity index (χ1n) is 8.46. The highest BCUT2D eigenvalue weighted by atomic mass is 32.2. The van der Waals surface area contributed by atoms with Gasteiger partial charge < -0.3 is 9.73 Å². The lowest BCUT2D eigenvalue weighted by Gasteiger charge is -2.18. The molecule has 6 nitrogen and oxygen atoms in total. The molecule has 1 atom stereocenters. The number of hydrogen-bond acceptors (Lipinski definition) is 4. The van der Waals surface area contributed by atoms with Crippen LogP contribution >= 0.6 is 0 Å². The largest absolute Gasteiger partial charge is 0.467 e. The van der Waals surface area contributed by atoms with Gasteiger partial charge in [-0.25, -0.2) is 8.42 Å². The van der Waals surface area contributed by atoms with Gasteiger partial charge >= 0.3 is 0 Å². The zero-order valence-corrected chi connectivity index (χ0v) is 15.4. The lowest BCUT2D eigenvalue weighted by Crippen LogP contribution is -2.47. The average Bonchev–Trinajstić information content (AvgIpc) is 3.20. The number of furan rings is 1. The van der Waals surface area contributed by atoms with Crippen LogP contribution in [0.2, 0.25) is 0 Å². The van der Waals surface area contributed by atoms with Crippen LogP contribution in [0.5, 0.6) is 0 Å². The van der Waals surface area contributed by atoms with E-state index >= 15 is 0 Å². The summed E-state index contributed by atoms with van der Waals surface area (Å²) in [6.07, 6.45) is 1.75. The number of rotatable bonds is 8. The zero-order chi connectivity index (χ0) is 19.1. The Hall–Kier alpha value is -2.90. The Morgan fingerprint density at radius 3 is 2.22 bits per heavy atom. The third-order valence-corrected chi connectivity index (χ3v) is 5.45. The van der Waals surface area contributed by atoms with Gasteiger partial charge in [-0.3, -0.25) is 4.79 Å². The van der Waals surface area contributed by atoms with Crippen LogP contribution in [0.4, 0.5) is 0 Å². The summed E-state index contributed by atoms with van der Waals surface area (Å²) in [5.41, 5.74) is 0.853. The molecule has 0 saturated carbocycles. The van der Waals surface area contributed by atoms with Crippen molar-refractivity contribution in [2.45, 2.75) is 23.9 Å². The molecule has 0 spiro atoms. The van der Waals surface area contributed by atoms with Crippen molar-refractivity contribution in [2.24, 2.45) is 0 Å². The number of carbonyl (C=O) groups excluding carboxylic acids is 1. The topological polar surface area (TPSA) is 88.4 Å². The summed E-state index contributed by atoms with van der Waals surface area (Å²) in [4.78, 5) is 12.8. The second-order valence-corrected chi connectivity index (χ2v) is 7.69. The molecule has 27 heavy (non-hydrogen) atoms. The maximum atomic E-state index is 12.7. The Bertz CT molecular complexity index is 956. The van der Waals surface area contributed by atoms with Crippen molar-refractivity contribution in [1.29, 1.82) is 0 Å². The number of hydrogen-bond donors (Lipinski definition) is 2. The number of sulfonamides is 1. The summed E-state index contributed by atoms with van der Waals surface area (Å²) in [6, 6.07) is 19.8. The van der Waals surface area contributed by atoms with Crippen molar-refractivity contribution in [3.05, 3.63) is 90.4 Å². The molecule has 0 aliphatic rings. The molecule has 3 aromatic rings. The Balaban J connectivity index is 1.77. The van der Waals surface area contributed by atoms with Crippen molar-refractivity contribution in [3.8, 4) is 0 Å². The predicted molar refractivity (Wildman–Crippen MR) is 101 cm³/mol. The third kappa shape index (κ3) is 5.29. The molecular formula is C20H20N2O4S. The van der Waals surface area contributed by atoms with E-state index in [1.807, 2.05) is 30.3 Å². The Morgan fingerprint density at radius 1 is 0.926 bits per heavy atom. The monoisotopic (exact) mass is 384 g/mol. The minimum atomic E-state index is -3.83. The van der Waals surface area contributed by atoms with Crippen LogP contribution < -0.4 is 10.0 Å². The van der Waals surface area contributed by atoms with Gasteiger partial charge in [0.05, 0.1) is 17.7 Å². The Labute approximate surface area is 158 Å². The molecule has 140 valence electrons. The van der Waals surface area contributed by atoms with E-state index < -0.39 is 22.0 Å². The van der Waals surface area contributed by atoms with Gasteiger partial charge in [0, 0.05) is 0 Å². The number of nitrogens with one attached hydrogen (secondary N) is 2. The first-order chi connectivity index (χ1) is 13.0. The van der Waals surface area contributed by atoms with Crippen molar-refractivity contribution in [1.82, 2.24) is 10.0 Å². The van der Waals surface area contributed by atoms with E-state index in [9.17, 15) is 13.2 Å². The van der Waals surface area contributed by atoms with Crippen LogP contribution in [0.25, 0.3) is 0 Å². The maximum Gasteiger partial charge on any atom is 0.241 e. The van der Waals surface area contributed by atoms with Crippen LogP contribution in [-0.2, 0) is 27.8 Å². The van der Waals surface area contributed by atoms with E-state index in [0.29, 0.717) is 5.76 Å². The van der Waals surface area contributed by atoms with E-state index in [4.69, 9.17) is 4.42 Å².